The van der Waals surface area contributed by atoms with Crippen molar-refractivity contribution in [3.05, 3.63) is 35.2 Å². The molecule has 3 N–H and O–H groups in total. The van der Waals surface area contributed by atoms with Gasteiger partial charge in [0.15, 0.2) is 0 Å². The third-order valence-electron chi connectivity index (χ3n) is 3.75. The first-order valence-electron chi connectivity index (χ1n) is 7.63. The van der Waals surface area contributed by atoms with Gasteiger partial charge in [-0.1, -0.05) is 49.2 Å². The van der Waals surface area contributed by atoms with Crippen LogP contribution >= 0.6 is 24.0 Å². The van der Waals surface area contributed by atoms with Crippen LogP contribution in [0.3, 0.4) is 0 Å². The van der Waals surface area contributed by atoms with Crippen LogP contribution < -0.4 is 11.1 Å². The molecule has 0 bridgehead atoms. The second-order valence-corrected chi connectivity index (χ2v) is 5.91. The third-order valence-corrected chi connectivity index (χ3v) is 3.98. The molecule has 1 heterocycles. The molecular weight excluding hydrogens is 351 g/mol. The standard InChI is InChI=1S/C16H21ClN4O2.ClH/c1-3-10(2)14(18)16(22)19-8-7-13-20-15(21-23-13)11-5-4-6-12(17)9-11;/h4-6,9-10,14H,3,7-8,18H2,1-2H3,(H,19,22);1H. The summed E-state index contributed by atoms with van der Waals surface area (Å²) in [6.07, 6.45) is 1.31. The predicted octanol–water partition coefficient (Wildman–Crippen LogP) is 2.84. The quantitative estimate of drug-likeness (QED) is 0.778. The van der Waals surface area contributed by atoms with Crippen molar-refractivity contribution in [1.29, 1.82) is 0 Å². The van der Waals surface area contributed by atoms with Crippen molar-refractivity contribution >= 4 is 29.9 Å². The topological polar surface area (TPSA) is 94.0 Å². The fourth-order valence-electron chi connectivity index (χ4n) is 2.02. The minimum atomic E-state index is -0.496. The maximum absolute atomic E-state index is 11.9. The second kappa shape index (κ2) is 9.61. The van der Waals surface area contributed by atoms with Crippen molar-refractivity contribution in [1.82, 2.24) is 15.5 Å². The number of rotatable bonds is 7. The van der Waals surface area contributed by atoms with Crippen LogP contribution in [-0.4, -0.2) is 28.6 Å². The minimum Gasteiger partial charge on any atom is -0.354 e. The molecule has 1 amide bonds. The third kappa shape index (κ3) is 5.47. The SMILES string of the molecule is CCC(C)C(N)C(=O)NCCc1nc(-c2cccc(Cl)c2)no1.Cl. The van der Waals surface area contributed by atoms with E-state index >= 15 is 0 Å². The monoisotopic (exact) mass is 372 g/mol. The van der Waals surface area contributed by atoms with Gasteiger partial charge < -0.3 is 15.6 Å². The van der Waals surface area contributed by atoms with Gasteiger partial charge in [0.25, 0.3) is 0 Å². The first-order valence-corrected chi connectivity index (χ1v) is 8.01. The number of benzene rings is 1. The lowest BCUT2D eigenvalue weighted by Gasteiger charge is -2.17. The van der Waals surface area contributed by atoms with Gasteiger partial charge in [-0.15, -0.1) is 12.4 Å². The number of amides is 1. The second-order valence-electron chi connectivity index (χ2n) is 5.47. The molecule has 1 aromatic heterocycles. The Balaban J connectivity index is 0.00000288. The summed E-state index contributed by atoms with van der Waals surface area (Å²) in [5, 5.41) is 7.32. The van der Waals surface area contributed by atoms with Crippen LogP contribution in [0.1, 0.15) is 26.2 Å². The van der Waals surface area contributed by atoms with E-state index < -0.39 is 6.04 Å². The average Bonchev–Trinajstić information content (AvgIpc) is 3.02. The molecule has 0 radical (unpaired) electrons. The van der Waals surface area contributed by atoms with Gasteiger partial charge in [-0.3, -0.25) is 4.79 Å². The van der Waals surface area contributed by atoms with Crippen molar-refractivity contribution in [3.63, 3.8) is 0 Å². The molecule has 2 atom stereocenters. The van der Waals surface area contributed by atoms with Crippen LogP contribution in [0.4, 0.5) is 0 Å². The van der Waals surface area contributed by atoms with Crippen LogP contribution in [0.15, 0.2) is 28.8 Å². The van der Waals surface area contributed by atoms with E-state index in [0.717, 1.165) is 12.0 Å². The Hall–Kier alpha value is -1.63. The van der Waals surface area contributed by atoms with Crippen LogP contribution in [0.25, 0.3) is 11.4 Å². The highest BCUT2D eigenvalue weighted by Gasteiger charge is 2.19. The van der Waals surface area contributed by atoms with Crippen LogP contribution in [0.2, 0.25) is 5.02 Å². The largest absolute Gasteiger partial charge is 0.354 e. The van der Waals surface area contributed by atoms with E-state index in [1.807, 2.05) is 26.0 Å². The lowest BCUT2D eigenvalue weighted by atomic mass is 9.99. The van der Waals surface area contributed by atoms with Crippen LogP contribution in [-0.2, 0) is 11.2 Å². The van der Waals surface area contributed by atoms with Crippen molar-refractivity contribution in [2.24, 2.45) is 11.7 Å². The van der Waals surface area contributed by atoms with Gasteiger partial charge >= 0.3 is 0 Å². The van der Waals surface area contributed by atoms with Crippen LogP contribution in [0.5, 0.6) is 0 Å². The number of hydrogen-bond donors (Lipinski definition) is 2. The maximum Gasteiger partial charge on any atom is 0.237 e. The van der Waals surface area contributed by atoms with E-state index in [2.05, 4.69) is 15.5 Å². The highest BCUT2D eigenvalue weighted by atomic mass is 35.5. The first-order chi connectivity index (χ1) is 11.0. The normalized spacial score (nSPS) is 13.0. The summed E-state index contributed by atoms with van der Waals surface area (Å²) < 4.78 is 5.18. The van der Waals surface area contributed by atoms with Gasteiger partial charge in [-0.05, 0) is 18.1 Å². The first kappa shape index (κ1) is 20.4. The molecule has 8 heteroatoms. The van der Waals surface area contributed by atoms with Gasteiger partial charge in [0.05, 0.1) is 6.04 Å². The van der Waals surface area contributed by atoms with Crippen molar-refractivity contribution in [2.75, 3.05) is 6.54 Å². The van der Waals surface area contributed by atoms with E-state index in [-0.39, 0.29) is 24.2 Å². The lowest BCUT2D eigenvalue weighted by molar-refractivity contribution is -0.123. The molecule has 2 aromatic rings. The molecule has 0 aliphatic rings. The number of aromatic nitrogens is 2. The van der Waals surface area contributed by atoms with E-state index in [1.165, 1.54) is 0 Å². The zero-order valence-electron chi connectivity index (χ0n) is 13.7. The Morgan fingerprint density at radius 2 is 2.21 bits per heavy atom. The fraction of sp³-hybridized carbons (Fsp3) is 0.438. The highest BCUT2D eigenvalue weighted by Crippen LogP contribution is 2.19. The van der Waals surface area contributed by atoms with Crippen LogP contribution in [0, 0.1) is 5.92 Å². The van der Waals surface area contributed by atoms with Gasteiger partial charge in [0, 0.05) is 23.6 Å². The summed E-state index contributed by atoms with van der Waals surface area (Å²) in [5.41, 5.74) is 6.66. The molecule has 0 fully saturated rings. The number of halogens is 2. The Kier molecular flexibility index (Phi) is 8.18. The molecule has 24 heavy (non-hydrogen) atoms. The van der Waals surface area contributed by atoms with Gasteiger partial charge in [-0.25, -0.2) is 0 Å². The van der Waals surface area contributed by atoms with Crippen molar-refractivity contribution in [2.45, 2.75) is 32.7 Å². The number of nitrogens with two attached hydrogens (primary N) is 1. The molecule has 0 saturated carbocycles. The predicted molar refractivity (Wildman–Crippen MR) is 96.1 cm³/mol. The molecule has 2 unspecified atom stereocenters. The Bertz CT molecular complexity index is 663. The number of nitrogens with zero attached hydrogens (tertiary/aromatic N) is 2. The van der Waals surface area contributed by atoms with Crippen molar-refractivity contribution < 1.29 is 9.32 Å². The molecular formula is C16H22Cl2N4O2. The summed E-state index contributed by atoms with van der Waals surface area (Å²) in [7, 11) is 0. The summed E-state index contributed by atoms with van der Waals surface area (Å²) in [6.45, 7) is 4.37. The molecule has 0 aliphatic carbocycles. The molecule has 132 valence electrons. The zero-order valence-corrected chi connectivity index (χ0v) is 15.2. The van der Waals surface area contributed by atoms with Gasteiger partial charge in [0.2, 0.25) is 17.6 Å². The number of carbonyl (C=O) groups is 1. The summed E-state index contributed by atoms with van der Waals surface area (Å²) >= 11 is 5.94. The lowest BCUT2D eigenvalue weighted by Crippen LogP contribution is -2.45. The Labute approximate surface area is 152 Å². The van der Waals surface area contributed by atoms with E-state index in [9.17, 15) is 4.79 Å². The highest BCUT2D eigenvalue weighted by molar-refractivity contribution is 6.30. The van der Waals surface area contributed by atoms with Gasteiger partial charge in [0.1, 0.15) is 0 Å². The fourth-order valence-corrected chi connectivity index (χ4v) is 2.21. The number of hydrogen-bond acceptors (Lipinski definition) is 5. The number of nitrogens with one attached hydrogen (secondary N) is 1. The number of carbonyl (C=O) groups excluding carboxylic acids is 1. The molecule has 0 saturated heterocycles. The molecule has 2 rings (SSSR count). The van der Waals surface area contributed by atoms with E-state index in [1.54, 1.807) is 12.1 Å². The maximum atomic E-state index is 11.9. The molecule has 0 spiro atoms. The van der Waals surface area contributed by atoms with Crippen molar-refractivity contribution in [3.8, 4) is 11.4 Å². The van der Waals surface area contributed by atoms with E-state index in [4.69, 9.17) is 21.9 Å². The van der Waals surface area contributed by atoms with Gasteiger partial charge in [-0.2, -0.15) is 4.98 Å². The smallest absolute Gasteiger partial charge is 0.237 e. The summed E-state index contributed by atoms with van der Waals surface area (Å²) in [4.78, 5) is 16.2. The minimum absolute atomic E-state index is 0. The zero-order chi connectivity index (χ0) is 16.8. The summed E-state index contributed by atoms with van der Waals surface area (Å²) in [5.74, 6) is 0.921. The Morgan fingerprint density at radius 1 is 1.46 bits per heavy atom. The summed E-state index contributed by atoms with van der Waals surface area (Å²) in [6, 6.07) is 6.73. The Morgan fingerprint density at radius 3 is 2.88 bits per heavy atom. The molecule has 6 nitrogen and oxygen atoms in total. The molecule has 0 aliphatic heterocycles. The average molecular weight is 373 g/mol. The van der Waals surface area contributed by atoms with E-state index in [0.29, 0.717) is 29.7 Å². The molecule has 1 aromatic carbocycles.